The van der Waals surface area contributed by atoms with Crippen LogP contribution in [0.5, 0.6) is 5.75 Å². The average molecular weight is 421 g/mol. The molecule has 30 heavy (non-hydrogen) atoms. The molecule has 0 heterocycles. The Morgan fingerprint density at radius 2 is 1.77 bits per heavy atom. The van der Waals surface area contributed by atoms with E-state index in [1.807, 2.05) is 26.0 Å². The van der Waals surface area contributed by atoms with Gasteiger partial charge in [0.2, 0.25) is 0 Å². The standard InChI is InChI=1S/C24H40N2O4/c1-10-20(17(4)15-26(8)9)18-12-11-13-19(14-18)29-23(28)25-21(16(2)3)22(27)30-24(5,6)7/h11-14,16-17,20-21H,10,15H2,1-9H3,(H,25,28). The minimum absolute atomic E-state index is 0.130. The van der Waals surface area contributed by atoms with Crippen molar-refractivity contribution in [2.45, 2.75) is 72.4 Å². The van der Waals surface area contributed by atoms with E-state index in [1.54, 1.807) is 26.8 Å². The number of nitrogens with zero attached hydrogens (tertiary/aromatic N) is 1. The third kappa shape index (κ3) is 8.74. The first kappa shape index (κ1) is 26.0. The van der Waals surface area contributed by atoms with Gasteiger partial charge in [-0.1, -0.05) is 39.8 Å². The molecule has 3 unspecified atom stereocenters. The molecule has 0 fully saturated rings. The Hall–Kier alpha value is -2.08. The first-order valence-corrected chi connectivity index (χ1v) is 10.8. The van der Waals surface area contributed by atoms with Crippen molar-refractivity contribution >= 4 is 12.1 Å². The molecule has 0 spiro atoms. The fraction of sp³-hybridized carbons (Fsp3) is 0.667. The van der Waals surface area contributed by atoms with Gasteiger partial charge >= 0.3 is 12.1 Å². The minimum Gasteiger partial charge on any atom is -0.458 e. The van der Waals surface area contributed by atoms with Crippen molar-refractivity contribution in [3.63, 3.8) is 0 Å². The molecule has 1 N–H and O–H groups in total. The molecule has 6 nitrogen and oxygen atoms in total. The molecule has 1 amide bonds. The number of carbonyl (C=O) groups is 2. The Balaban J connectivity index is 2.88. The van der Waals surface area contributed by atoms with Crippen LogP contribution in [0.3, 0.4) is 0 Å². The van der Waals surface area contributed by atoms with Crippen LogP contribution >= 0.6 is 0 Å². The lowest BCUT2D eigenvalue weighted by molar-refractivity contribution is -0.158. The summed E-state index contributed by atoms with van der Waals surface area (Å²) >= 11 is 0. The maximum atomic E-state index is 12.5. The molecule has 170 valence electrons. The smallest absolute Gasteiger partial charge is 0.413 e. The summed E-state index contributed by atoms with van der Waals surface area (Å²) in [4.78, 5) is 27.1. The van der Waals surface area contributed by atoms with E-state index in [0.717, 1.165) is 18.5 Å². The van der Waals surface area contributed by atoms with Gasteiger partial charge in [0.25, 0.3) is 0 Å². The second-order valence-electron chi connectivity index (χ2n) is 9.62. The Morgan fingerprint density at radius 3 is 2.27 bits per heavy atom. The highest BCUT2D eigenvalue weighted by Gasteiger charge is 2.30. The summed E-state index contributed by atoms with van der Waals surface area (Å²) in [5.41, 5.74) is 0.521. The molecular weight excluding hydrogens is 380 g/mol. The largest absolute Gasteiger partial charge is 0.458 e. The molecule has 1 aromatic rings. The van der Waals surface area contributed by atoms with Crippen LogP contribution in [0.2, 0.25) is 0 Å². The predicted molar refractivity (Wildman–Crippen MR) is 121 cm³/mol. The van der Waals surface area contributed by atoms with E-state index in [9.17, 15) is 9.59 Å². The zero-order valence-electron chi connectivity index (χ0n) is 20.1. The number of rotatable bonds is 9. The van der Waals surface area contributed by atoms with Crippen LogP contribution in [-0.2, 0) is 9.53 Å². The van der Waals surface area contributed by atoms with Crippen LogP contribution in [0, 0.1) is 11.8 Å². The molecule has 0 saturated carbocycles. The molecule has 0 saturated heterocycles. The fourth-order valence-electron chi connectivity index (χ4n) is 3.60. The van der Waals surface area contributed by atoms with Crippen LogP contribution in [0.4, 0.5) is 4.79 Å². The molecule has 0 aromatic heterocycles. The lowest BCUT2D eigenvalue weighted by atomic mass is 9.85. The van der Waals surface area contributed by atoms with Crippen molar-refractivity contribution < 1.29 is 19.1 Å². The van der Waals surface area contributed by atoms with Crippen molar-refractivity contribution in [2.24, 2.45) is 11.8 Å². The van der Waals surface area contributed by atoms with E-state index < -0.39 is 23.7 Å². The van der Waals surface area contributed by atoms with Gasteiger partial charge in [0, 0.05) is 6.54 Å². The van der Waals surface area contributed by atoms with E-state index in [-0.39, 0.29) is 5.92 Å². The number of hydrogen-bond donors (Lipinski definition) is 1. The third-order valence-corrected chi connectivity index (χ3v) is 4.88. The molecule has 1 aromatic carbocycles. The predicted octanol–water partition coefficient (Wildman–Crippen LogP) is 4.83. The maximum absolute atomic E-state index is 12.5. The Bertz CT molecular complexity index is 695. The molecule has 0 aliphatic heterocycles. The molecule has 3 atom stereocenters. The molecule has 0 aliphatic rings. The maximum Gasteiger partial charge on any atom is 0.413 e. The monoisotopic (exact) mass is 420 g/mol. The third-order valence-electron chi connectivity index (χ3n) is 4.88. The number of ether oxygens (including phenoxy) is 2. The molecule has 1 rings (SSSR count). The average Bonchev–Trinajstić information content (AvgIpc) is 2.58. The van der Waals surface area contributed by atoms with Gasteiger partial charge in [-0.3, -0.25) is 0 Å². The van der Waals surface area contributed by atoms with E-state index in [0.29, 0.717) is 17.6 Å². The van der Waals surface area contributed by atoms with Gasteiger partial charge in [-0.25, -0.2) is 9.59 Å². The van der Waals surface area contributed by atoms with Crippen LogP contribution in [0.15, 0.2) is 24.3 Å². The van der Waals surface area contributed by atoms with Gasteiger partial charge in [-0.15, -0.1) is 0 Å². The van der Waals surface area contributed by atoms with Crippen molar-refractivity contribution in [2.75, 3.05) is 20.6 Å². The van der Waals surface area contributed by atoms with Gasteiger partial charge in [0.05, 0.1) is 0 Å². The first-order chi connectivity index (χ1) is 13.8. The van der Waals surface area contributed by atoms with Crippen molar-refractivity contribution in [3.05, 3.63) is 29.8 Å². The number of esters is 1. The van der Waals surface area contributed by atoms with Gasteiger partial charge in [0.1, 0.15) is 17.4 Å². The van der Waals surface area contributed by atoms with Crippen LogP contribution in [0.25, 0.3) is 0 Å². The van der Waals surface area contributed by atoms with E-state index in [1.165, 1.54) is 0 Å². The number of carbonyl (C=O) groups excluding carboxylic acids is 2. The van der Waals surface area contributed by atoms with E-state index in [4.69, 9.17) is 9.47 Å². The van der Waals surface area contributed by atoms with Crippen LogP contribution < -0.4 is 10.1 Å². The van der Waals surface area contributed by atoms with Gasteiger partial charge in [0.15, 0.2) is 0 Å². The Morgan fingerprint density at radius 1 is 1.13 bits per heavy atom. The number of nitrogens with one attached hydrogen (secondary N) is 1. The SMILES string of the molecule is CCC(c1cccc(OC(=O)NC(C(=O)OC(C)(C)C)C(C)C)c1)C(C)CN(C)C. The quantitative estimate of drug-likeness (QED) is 0.580. The minimum atomic E-state index is -0.775. The summed E-state index contributed by atoms with van der Waals surface area (Å²) in [6.07, 6.45) is 0.338. The fourth-order valence-corrected chi connectivity index (χ4v) is 3.60. The van der Waals surface area contributed by atoms with Gasteiger partial charge < -0.3 is 19.7 Å². The normalized spacial score (nSPS) is 14.9. The molecule has 0 radical (unpaired) electrons. The molecule has 6 heteroatoms. The highest BCUT2D eigenvalue weighted by atomic mass is 16.6. The van der Waals surface area contributed by atoms with Gasteiger partial charge in [-0.05, 0) is 76.7 Å². The zero-order chi connectivity index (χ0) is 23.1. The molecular formula is C24H40N2O4. The lowest BCUT2D eigenvalue weighted by Crippen LogP contribution is -2.48. The topological polar surface area (TPSA) is 67.9 Å². The first-order valence-electron chi connectivity index (χ1n) is 10.8. The summed E-state index contributed by atoms with van der Waals surface area (Å²) in [7, 11) is 4.14. The Kier molecular flexibility index (Phi) is 9.82. The number of benzene rings is 1. The van der Waals surface area contributed by atoms with E-state index >= 15 is 0 Å². The second kappa shape index (κ2) is 11.3. The highest BCUT2D eigenvalue weighted by molar-refractivity contribution is 5.82. The molecule has 0 aliphatic carbocycles. The molecule has 0 bridgehead atoms. The summed E-state index contributed by atoms with van der Waals surface area (Å²) in [5.74, 6) is 0.699. The van der Waals surface area contributed by atoms with Gasteiger partial charge in [-0.2, -0.15) is 0 Å². The number of amides is 1. The highest BCUT2D eigenvalue weighted by Crippen LogP contribution is 2.30. The summed E-state index contributed by atoms with van der Waals surface area (Å²) in [5, 5.41) is 2.66. The van der Waals surface area contributed by atoms with Crippen LogP contribution in [-0.4, -0.2) is 49.2 Å². The summed E-state index contributed by atoms with van der Waals surface area (Å²) in [6.45, 7) is 14.5. The second-order valence-corrected chi connectivity index (χ2v) is 9.62. The summed E-state index contributed by atoms with van der Waals surface area (Å²) < 4.78 is 10.9. The summed E-state index contributed by atoms with van der Waals surface area (Å²) in [6, 6.07) is 6.87. The lowest BCUT2D eigenvalue weighted by Gasteiger charge is -2.27. The van der Waals surface area contributed by atoms with E-state index in [2.05, 4.69) is 44.2 Å². The van der Waals surface area contributed by atoms with Crippen molar-refractivity contribution in [1.29, 1.82) is 0 Å². The Labute approximate surface area is 182 Å². The van der Waals surface area contributed by atoms with Crippen molar-refractivity contribution in [1.82, 2.24) is 10.2 Å². The van der Waals surface area contributed by atoms with Crippen LogP contribution in [0.1, 0.15) is 66.4 Å². The number of hydrogen-bond acceptors (Lipinski definition) is 5. The van der Waals surface area contributed by atoms with Crippen molar-refractivity contribution in [3.8, 4) is 5.75 Å². The zero-order valence-corrected chi connectivity index (χ0v) is 20.1.